The van der Waals surface area contributed by atoms with Crippen LogP contribution in [0.3, 0.4) is 0 Å². The van der Waals surface area contributed by atoms with Crippen molar-refractivity contribution < 1.29 is 20.7 Å². The number of aromatic nitrogens is 2. The fourth-order valence-electron chi connectivity index (χ4n) is 1.66. The number of hydrogen-bond donors (Lipinski definition) is 1. The van der Waals surface area contributed by atoms with E-state index in [1.54, 1.807) is 0 Å². The van der Waals surface area contributed by atoms with Gasteiger partial charge in [0.15, 0.2) is 5.03 Å². The third-order valence-corrected chi connectivity index (χ3v) is 5.24. The highest BCUT2D eigenvalue weighted by Gasteiger charge is 2.26. The standard InChI is InChI=1S/C10H9ClFN3O4S2/c1-15-10(7(11)6-13-15)21(18,19)14-8-4-2-3-5-9(8)20(12,16)17/h2-6,14H,1H3. The minimum Gasteiger partial charge on any atom is -0.277 e. The van der Waals surface area contributed by atoms with E-state index in [2.05, 4.69) is 5.10 Å². The number of anilines is 1. The monoisotopic (exact) mass is 353 g/mol. The third-order valence-electron chi connectivity index (χ3n) is 2.49. The van der Waals surface area contributed by atoms with E-state index in [9.17, 15) is 20.7 Å². The molecule has 1 aromatic carbocycles. The van der Waals surface area contributed by atoms with Crippen molar-refractivity contribution >= 4 is 37.5 Å². The molecular weight excluding hydrogens is 345 g/mol. The van der Waals surface area contributed by atoms with Gasteiger partial charge < -0.3 is 0 Å². The van der Waals surface area contributed by atoms with E-state index in [1.165, 1.54) is 19.2 Å². The predicted octanol–water partition coefficient (Wildman–Crippen LogP) is 1.53. The maximum atomic E-state index is 13.2. The molecule has 0 aliphatic rings. The quantitative estimate of drug-likeness (QED) is 0.840. The first-order valence-electron chi connectivity index (χ1n) is 5.37. The fraction of sp³-hybridized carbons (Fsp3) is 0.100. The van der Waals surface area contributed by atoms with Crippen molar-refractivity contribution in [1.29, 1.82) is 0 Å². The molecule has 0 fully saturated rings. The highest BCUT2D eigenvalue weighted by molar-refractivity contribution is 7.93. The Morgan fingerprint density at radius 1 is 1.24 bits per heavy atom. The number of benzene rings is 1. The Kier molecular flexibility index (Phi) is 3.95. The number of hydrogen-bond acceptors (Lipinski definition) is 5. The van der Waals surface area contributed by atoms with Gasteiger partial charge in [0.25, 0.3) is 10.0 Å². The zero-order valence-corrected chi connectivity index (χ0v) is 12.9. The van der Waals surface area contributed by atoms with Crippen molar-refractivity contribution in [2.75, 3.05) is 4.72 Å². The Labute approximate surface area is 125 Å². The molecule has 21 heavy (non-hydrogen) atoms. The van der Waals surface area contributed by atoms with E-state index in [1.807, 2.05) is 4.72 Å². The van der Waals surface area contributed by atoms with E-state index in [0.29, 0.717) is 0 Å². The molecule has 2 rings (SSSR count). The topological polar surface area (TPSA) is 98.1 Å². The van der Waals surface area contributed by atoms with Crippen molar-refractivity contribution in [2.45, 2.75) is 9.92 Å². The number of rotatable bonds is 4. The Morgan fingerprint density at radius 3 is 2.38 bits per heavy atom. The molecule has 1 aromatic heterocycles. The van der Waals surface area contributed by atoms with E-state index < -0.39 is 30.8 Å². The smallest absolute Gasteiger partial charge is 0.277 e. The summed E-state index contributed by atoms with van der Waals surface area (Å²) in [6.45, 7) is 0. The molecule has 0 radical (unpaired) electrons. The van der Waals surface area contributed by atoms with Gasteiger partial charge in [-0.05, 0) is 12.1 Å². The summed E-state index contributed by atoms with van der Waals surface area (Å²) in [5.74, 6) is 0. The van der Waals surface area contributed by atoms with E-state index >= 15 is 0 Å². The largest absolute Gasteiger partial charge is 0.334 e. The summed E-state index contributed by atoms with van der Waals surface area (Å²) in [6, 6.07) is 4.69. The lowest BCUT2D eigenvalue weighted by Gasteiger charge is -2.10. The van der Waals surface area contributed by atoms with Gasteiger partial charge in [-0.2, -0.15) is 21.9 Å². The molecule has 0 bridgehead atoms. The van der Waals surface area contributed by atoms with Crippen LogP contribution in [0.2, 0.25) is 5.02 Å². The van der Waals surface area contributed by atoms with Crippen molar-refractivity contribution in [2.24, 2.45) is 7.05 Å². The molecule has 0 atom stereocenters. The van der Waals surface area contributed by atoms with Gasteiger partial charge in [-0.3, -0.25) is 9.40 Å². The molecule has 0 saturated carbocycles. The van der Waals surface area contributed by atoms with Gasteiger partial charge in [0.05, 0.1) is 16.9 Å². The van der Waals surface area contributed by atoms with Crippen LogP contribution in [0.15, 0.2) is 40.4 Å². The fourth-order valence-corrected chi connectivity index (χ4v) is 4.09. The summed E-state index contributed by atoms with van der Waals surface area (Å²) < 4.78 is 62.6. The lowest BCUT2D eigenvalue weighted by Crippen LogP contribution is -2.18. The SMILES string of the molecule is Cn1ncc(Cl)c1S(=O)(=O)Nc1ccccc1S(=O)(=O)F. The second-order valence-electron chi connectivity index (χ2n) is 3.96. The van der Waals surface area contributed by atoms with Crippen LogP contribution >= 0.6 is 11.6 Å². The van der Waals surface area contributed by atoms with Crippen LogP contribution in [0.1, 0.15) is 0 Å². The molecule has 0 amide bonds. The first kappa shape index (κ1) is 15.7. The normalized spacial score (nSPS) is 12.3. The second-order valence-corrected chi connectivity index (χ2v) is 7.28. The zero-order valence-electron chi connectivity index (χ0n) is 10.5. The number of halogens is 2. The number of nitrogens with one attached hydrogen (secondary N) is 1. The van der Waals surface area contributed by atoms with Crippen molar-refractivity contribution in [1.82, 2.24) is 9.78 Å². The number of aryl methyl sites for hydroxylation is 1. The third kappa shape index (κ3) is 3.17. The van der Waals surface area contributed by atoms with Gasteiger partial charge in [0.1, 0.15) is 4.90 Å². The Bertz CT molecular complexity index is 873. The lowest BCUT2D eigenvalue weighted by molar-refractivity contribution is 0.552. The summed E-state index contributed by atoms with van der Waals surface area (Å²) in [5.41, 5.74) is -0.419. The van der Waals surface area contributed by atoms with Gasteiger partial charge >= 0.3 is 10.2 Å². The summed E-state index contributed by atoms with van der Waals surface area (Å²) in [5, 5.41) is 3.16. The highest BCUT2D eigenvalue weighted by Crippen LogP contribution is 2.27. The lowest BCUT2D eigenvalue weighted by atomic mass is 10.3. The van der Waals surface area contributed by atoms with Gasteiger partial charge in [0, 0.05) is 7.05 Å². The average molecular weight is 354 g/mol. The van der Waals surface area contributed by atoms with Crippen LogP contribution in [0, 0.1) is 0 Å². The van der Waals surface area contributed by atoms with Crippen LogP contribution in [0.4, 0.5) is 9.57 Å². The Hall–Kier alpha value is -1.65. The molecule has 0 saturated heterocycles. The molecule has 1 N–H and O–H groups in total. The zero-order chi connectivity index (χ0) is 15.8. The minimum absolute atomic E-state index is 0.148. The van der Waals surface area contributed by atoms with Crippen molar-refractivity contribution in [3.05, 3.63) is 35.5 Å². The van der Waals surface area contributed by atoms with Crippen molar-refractivity contribution in [3.63, 3.8) is 0 Å². The van der Waals surface area contributed by atoms with E-state index in [-0.39, 0.29) is 10.0 Å². The van der Waals surface area contributed by atoms with Gasteiger partial charge in [-0.1, -0.05) is 23.7 Å². The Balaban J connectivity index is 2.53. The van der Waals surface area contributed by atoms with Gasteiger partial charge in [0.2, 0.25) is 0 Å². The Morgan fingerprint density at radius 2 is 1.86 bits per heavy atom. The first-order chi connectivity index (χ1) is 9.63. The number of sulfonamides is 1. The molecule has 0 aliphatic carbocycles. The molecule has 2 aromatic rings. The first-order valence-corrected chi connectivity index (χ1v) is 8.61. The van der Waals surface area contributed by atoms with Crippen LogP contribution in [0.25, 0.3) is 0 Å². The molecular formula is C10H9ClFN3O4S2. The maximum Gasteiger partial charge on any atom is 0.334 e. The molecule has 1 heterocycles. The van der Waals surface area contributed by atoms with Crippen LogP contribution in [-0.2, 0) is 27.3 Å². The van der Waals surface area contributed by atoms with Gasteiger partial charge in [-0.15, -0.1) is 3.89 Å². The summed E-state index contributed by atoms with van der Waals surface area (Å²) in [6.07, 6.45) is 1.12. The molecule has 0 aliphatic heterocycles. The molecule has 11 heteroatoms. The van der Waals surface area contributed by atoms with Crippen LogP contribution in [-0.4, -0.2) is 26.6 Å². The molecule has 7 nitrogen and oxygen atoms in total. The second kappa shape index (κ2) is 5.28. The predicted molar refractivity (Wildman–Crippen MR) is 73.8 cm³/mol. The van der Waals surface area contributed by atoms with E-state index in [0.717, 1.165) is 23.0 Å². The maximum absolute atomic E-state index is 13.2. The average Bonchev–Trinajstić information content (AvgIpc) is 2.68. The van der Waals surface area contributed by atoms with Crippen LogP contribution < -0.4 is 4.72 Å². The highest BCUT2D eigenvalue weighted by atomic mass is 35.5. The van der Waals surface area contributed by atoms with Crippen LogP contribution in [0.5, 0.6) is 0 Å². The molecule has 114 valence electrons. The summed E-state index contributed by atoms with van der Waals surface area (Å²) >= 11 is 5.73. The van der Waals surface area contributed by atoms with Gasteiger partial charge in [-0.25, -0.2) is 0 Å². The van der Waals surface area contributed by atoms with Crippen molar-refractivity contribution in [3.8, 4) is 0 Å². The molecule has 0 spiro atoms. The minimum atomic E-state index is -5.08. The summed E-state index contributed by atoms with van der Waals surface area (Å²) in [4.78, 5) is -0.785. The number of nitrogens with zero attached hydrogens (tertiary/aromatic N) is 2. The van der Waals surface area contributed by atoms with E-state index in [4.69, 9.17) is 11.6 Å². The molecule has 0 unspecified atom stereocenters. The summed E-state index contributed by atoms with van der Waals surface area (Å²) in [7, 11) is -7.96. The number of para-hydroxylation sites is 1.